The molecule has 3 heterocycles. The third kappa shape index (κ3) is 2.80. The molecule has 0 aliphatic carbocycles. The Bertz CT molecular complexity index is 834. The first-order valence-corrected chi connectivity index (χ1v) is 7.99. The minimum absolute atomic E-state index is 0.547. The number of benzene rings is 1. The lowest BCUT2D eigenvalue weighted by molar-refractivity contribution is -0.930. The summed E-state index contributed by atoms with van der Waals surface area (Å²) in [6, 6.07) is 10.6. The van der Waals surface area contributed by atoms with Crippen molar-refractivity contribution in [2.24, 2.45) is 0 Å². The predicted octanol–water partition coefficient (Wildman–Crippen LogP) is 2.09. The number of aryl methyl sites for hydroxylation is 2. The summed E-state index contributed by atoms with van der Waals surface area (Å²) in [6.45, 7) is 6.70. The van der Waals surface area contributed by atoms with Crippen LogP contribution >= 0.6 is 0 Å². The minimum Gasteiger partial charge on any atom is -0.466 e. The molecule has 1 aliphatic rings. The monoisotopic (exact) mass is 310 g/mol. The fraction of sp³-hybridized carbons (Fsp3) is 0.333. The van der Waals surface area contributed by atoms with Gasteiger partial charge in [-0.25, -0.2) is 0 Å². The topological polar surface area (TPSA) is 56.5 Å². The molecule has 1 N–H and O–H groups in total. The van der Waals surface area contributed by atoms with Crippen LogP contribution in [0.1, 0.15) is 28.5 Å². The Morgan fingerprint density at radius 1 is 1.09 bits per heavy atom. The van der Waals surface area contributed by atoms with Crippen molar-refractivity contribution in [3.8, 4) is 11.5 Å². The summed E-state index contributed by atoms with van der Waals surface area (Å²) in [7, 11) is 0. The van der Waals surface area contributed by atoms with Gasteiger partial charge in [0.15, 0.2) is 6.54 Å². The molecule has 3 aromatic rings. The maximum Gasteiger partial charge on any atom is 0.271 e. The number of aromatic nitrogens is 2. The van der Waals surface area contributed by atoms with E-state index in [1.165, 1.54) is 16.0 Å². The normalized spacial score (nSPS) is 17.2. The van der Waals surface area contributed by atoms with Crippen molar-refractivity contribution in [3.63, 3.8) is 0 Å². The van der Waals surface area contributed by atoms with Crippen molar-refractivity contribution >= 4 is 0 Å². The van der Waals surface area contributed by atoms with Gasteiger partial charge in [-0.15, -0.1) is 10.2 Å². The van der Waals surface area contributed by atoms with Gasteiger partial charge in [-0.2, -0.15) is 0 Å². The fourth-order valence-corrected chi connectivity index (χ4v) is 3.28. The zero-order valence-corrected chi connectivity index (χ0v) is 13.4. The summed E-state index contributed by atoms with van der Waals surface area (Å²) in [5.41, 5.74) is 3.78. The van der Waals surface area contributed by atoms with E-state index in [-0.39, 0.29) is 0 Å². The van der Waals surface area contributed by atoms with Crippen LogP contribution in [-0.2, 0) is 19.5 Å². The Morgan fingerprint density at radius 3 is 2.70 bits per heavy atom. The first-order valence-electron chi connectivity index (χ1n) is 7.99. The summed E-state index contributed by atoms with van der Waals surface area (Å²) in [5.74, 6) is 2.91. The van der Waals surface area contributed by atoms with Gasteiger partial charge in [-0.1, -0.05) is 24.3 Å². The van der Waals surface area contributed by atoms with Gasteiger partial charge in [0.25, 0.3) is 11.8 Å². The Balaban J connectivity index is 1.50. The number of quaternary nitrogens is 1. The summed E-state index contributed by atoms with van der Waals surface area (Å²) < 4.78 is 11.4. The van der Waals surface area contributed by atoms with Crippen LogP contribution in [0.15, 0.2) is 39.2 Å². The molecule has 1 atom stereocenters. The number of nitrogens with zero attached hydrogens (tertiary/aromatic N) is 2. The van der Waals surface area contributed by atoms with Gasteiger partial charge in [0, 0.05) is 12.0 Å². The van der Waals surface area contributed by atoms with Crippen molar-refractivity contribution < 1.29 is 13.7 Å². The summed E-state index contributed by atoms with van der Waals surface area (Å²) in [6.07, 6.45) is 1.10. The molecule has 0 fully saturated rings. The van der Waals surface area contributed by atoms with Crippen LogP contribution in [0.5, 0.6) is 0 Å². The van der Waals surface area contributed by atoms with E-state index >= 15 is 0 Å². The van der Waals surface area contributed by atoms with Gasteiger partial charge in [0.05, 0.1) is 12.1 Å². The molecule has 0 saturated carbocycles. The molecule has 0 radical (unpaired) electrons. The lowest BCUT2D eigenvalue weighted by atomic mass is 10.00. The summed E-state index contributed by atoms with van der Waals surface area (Å²) in [5, 5.41) is 8.39. The molecule has 1 unspecified atom stereocenters. The average Bonchev–Trinajstić information content (AvgIpc) is 3.13. The van der Waals surface area contributed by atoms with Gasteiger partial charge in [-0.05, 0) is 25.5 Å². The first kappa shape index (κ1) is 14.2. The molecule has 2 aromatic heterocycles. The van der Waals surface area contributed by atoms with Crippen LogP contribution in [0.25, 0.3) is 11.5 Å². The molecule has 23 heavy (non-hydrogen) atoms. The first-order chi connectivity index (χ1) is 11.2. The Morgan fingerprint density at radius 2 is 1.91 bits per heavy atom. The number of nitrogens with one attached hydrogen (secondary N) is 1. The van der Waals surface area contributed by atoms with Crippen LogP contribution in [0.3, 0.4) is 0 Å². The summed E-state index contributed by atoms with van der Waals surface area (Å²) >= 11 is 0. The predicted molar refractivity (Wildman–Crippen MR) is 84.9 cm³/mol. The van der Waals surface area contributed by atoms with E-state index in [2.05, 4.69) is 34.5 Å². The fourth-order valence-electron chi connectivity index (χ4n) is 3.28. The van der Waals surface area contributed by atoms with Gasteiger partial charge >= 0.3 is 0 Å². The van der Waals surface area contributed by atoms with Crippen LogP contribution in [0, 0.1) is 13.8 Å². The third-order valence-corrected chi connectivity index (χ3v) is 4.45. The van der Waals surface area contributed by atoms with Gasteiger partial charge in [-0.3, -0.25) is 0 Å². The highest BCUT2D eigenvalue weighted by Gasteiger charge is 2.22. The SMILES string of the molecule is Cc1cc(-c2nnc(C[NH+]3CCc4ccccc4C3)o2)c(C)o1. The molecular formula is C18H20N3O2+. The molecule has 0 saturated heterocycles. The van der Waals surface area contributed by atoms with Crippen LogP contribution in [0.4, 0.5) is 0 Å². The highest BCUT2D eigenvalue weighted by atomic mass is 16.4. The second-order valence-electron chi connectivity index (χ2n) is 6.20. The molecule has 5 heteroatoms. The van der Waals surface area contributed by atoms with E-state index in [1.54, 1.807) is 0 Å². The second-order valence-corrected chi connectivity index (χ2v) is 6.20. The molecule has 118 valence electrons. The van der Waals surface area contributed by atoms with Crippen LogP contribution < -0.4 is 4.90 Å². The number of hydrogen-bond donors (Lipinski definition) is 1. The zero-order valence-electron chi connectivity index (χ0n) is 13.4. The Hall–Kier alpha value is -2.40. The lowest BCUT2D eigenvalue weighted by Crippen LogP contribution is -3.10. The quantitative estimate of drug-likeness (QED) is 0.805. The van der Waals surface area contributed by atoms with E-state index in [0.717, 1.165) is 43.1 Å². The third-order valence-electron chi connectivity index (χ3n) is 4.45. The second kappa shape index (κ2) is 5.66. The van der Waals surface area contributed by atoms with Gasteiger partial charge in [0.1, 0.15) is 18.1 Å². The number of furan rings is 1. The van der Waals surface area contributed by atoms with Crippen LogP contribution in [0.2, 0.25) is 0 Å². The highest BCUT2D eigenvalue weighted by Crippen LogP contribution is 2.25. The molecule has 0 amide bonds. The van der Waals surface area contributed by atoms with E-state index in [4.69, 9.17) is 8.83 Å². The van der Waals surface area contributed by atoms with Crippen molar-refractivity contribution in [2.75, 3.05) is 6.54 Å². The van der Waals surface area contributed by atoms with Crippen molar-refractivity contribution in [1.82, 2.24) is 10.2 Å². The highest BCUT2D eigenvalue weighted by molar-refractivity contribution is 5.55. The molecule has 5 nitrogen and oxygen atoms in total. The number of hydrogen-bond acceptors (Lipinski definition) is 4. The summed E-state index contributed by atoms with van der Waals surface area (Å²) in [4.78, 5) is 1.46. The smallest absolute Gasteiger partial charge is 0.271 e. The van der Waals surface area contributed by atoms with Crippen molar-refractivity contribution in [2.45, 2.75) is 33.4 Å². The molecule has 0 spiro atoms. The molecular weight excluding hydrogens is 290 g/mol. The van der Waals surface area contributed by atoms with Gasteiger partial charge < -0.3 is 13.7 Å². The molecule has 4 rings (SSSR count). The zero-order chi connectivity index (χ0) is 15.8. The van der Waals surface area contributed by atoms with E-state index in [0.29, 0.717) is 11.8 Å². The van der Waals surface area contributed by atoms with E-state index in [1.807, 2.05) is 19.9 Å². The lowest BCUT2D eigenvalue weighted by Gasteiger charge is -2.24. The largest absolute Gasteiger partial charge is 0.466 e. The van der Waals surface area contributed by atoms with E-state index in [9.17, 15) is 0 Å². The Kier molecular flexibility index (Phi) is 3.50. The standard InChI is InChI=1S/C18H19N3O2/c1-12-9-16(13(2)22-12)18-20-19-17(23-18)11-21-8-7-14-5-3-4-6-15(14)10-21/h3-6,9H,7-8,10-11H2,1-2H3/p+1. The molecule has 1 aromatic carbocycles. The number of fused-ring (bicyclic) bond motifs is 1. The van der Waals surface area contributed by atoms with Gasteiger partial charge in [0.2, 0.25) is 0 Å². The maximum atomic E-state index is 5.85. The Labute approximate surface area is 134 Å². The van der Waals surface area contributed by atoms with Crippen molar-refractivity contribution in [1.29, 1.82) is 0 Å². The van der Waals surface area contributed by atoms with Crippen molar-refractivity contribution in [3.05, 3.63) is 58.9 Å². The maximum absolute atomic E-state index is 5.85. The molecule has 1 aliphatic heterocycles. The number of rotatable bonds is 3. The van der Waals surface area contributed by atoms with E-state index < -0.39 is 0 Å². The minimum atomic E-state index is 0.547. The average molecular weight is 310 g/mol. The van der Waals surface area contributed by atoms with Crippen LogP contribution in [-0.4, -0.2) is 16.7 Å². The molecule has 0 bridgehead atoms.